The molecule has 4 nitrogen and oxygen atoms in total. The van der Waals surface area contributed by atoms with Crippen LogP contribution in [0.4, 0.5) is 0 Å². The molecule has 1 fully saturated rings. The summed E-state index contributed by atoms with van der Waals surface area (Å²) in [6.45, 7) is 3.24. The van der Waals surface area contributed by atoms with E-state index in [-0.39, 0.29) is 0 Å². The van der Waals surface area contributed by atoms with E-state index in [1.165, 1.54) is 18.4 Å². The van der Waals surface area contributed by atoms with Crippen LogP contribution in [0.3, 0.4) is 0 Å². The number of aromatic nitrogens is 3. The Labute approximate surface area is 130 Å². The molecule has 3 aromatic rings. The van der Waals surface area contributed by atoms with Crippen molar-refractivity contribution in [3.8, 4) is 0 Å². The molecule has 0 bridgehead atoms. The van der Waals surface area contributed by atoms with Crippen LogP contribution < -0.4 is 0 Å². The molecule has 0 spiro atoms. The fourth-order valence-corrected chi connectivity index (χ4v) is 3.28. The Kier molecular flexibility index (Phi) is 3.60. The van der Waals surface area contributed by atoms with Crippen LogP contribution in [0.2, 0.25) is 0 Å². The van der Waals surface area contributed by atoms with Gasteiger partial charge in [-0.05, 0) is 49.7 Å². The van der Waals surface area contributed by atoms with Gasteiger partial charge in [0.15, 0.2) is 0 Å². The van der Waals surface area contributed by atoms with Crippen molar-refractivity contribution in [3.63, 3.8) is 0 Å². The number of hydrogen-bond acceptors (Lipinski definition) is 3. The summed E-state index contributed by atoms with van der Waals surface area (Å²) in [6.07, 6.45) is 6.13. The molecule has 4 rings (SSSR count). The number of piperidine rings is 1. The average molecular weight is 292 g/mol. The van der Waals surface area contributed by atoms with Gasteiger partial charge in [0.25, 0.3) is 0 Å². The Bertz CT molecular complexity index is 709. The lowest BCUT2D eigenvalue weighted by Gasteiger charge is -2.30. The summed E-state index contributed by atoms with van der Waals surface area (Å²) < 4.78 is 0. The van der Waals surface area contributed by atoms with Gasteiger partial charge in [0.1, 0.15) is 5.82 Å². The van der Waals surface area contributed by atoms with Crippen LogP contribution in [-0.2, 0) is 6.54 Å². The van der Waals surface area contributed by atoms with Crippen molar-refractivity contribution in [1.29, 1.82) is 0 Å². The molecule has 0 radical (unpaired) electrons. The zero-order chi connectivity index (χ0) is 14.8. The smallest absolute Gasteiger partial charge is 0.110 e. The first-order valence-corrected chi connectivity index (χ1v) is 7.94. The van der Waals surface area contributed by atoms with E-state index in [1.54, 1.807) is 0 Å². The van der Waals surface area contributed by atoms with E-state index in [1.807, 2.05) is 24.5 Å². The minimum absolute atomic E-state index is 0.553. The minimum Gasteiger partial charge on any atom is -0.342 e. The Morgan fingerprint density at radius 2 is 1.95 bits per heavy atom. The Morgan fingerprint density at radius 3 is 2.73 bits per heavy atom. The van der Waals surface area contributed by atoms with Crippen LogP contribution in [0.1, 0.15) is 30.1 Å². The summed E-state index contributed by atoms with van der Waals surface area (Å²) in [5.74, 6) is 1.71. The number of nitrogens with zero attached hydrogens (tertiary/aromatic N) is 3. The van der Waals surface area contributed by atoms with E-state index in [2.05, 4.69) is 39.1 Å². The fraction of sp³-hybridized carbons (Fsp3) is 0.333. The van der Waals surface area contributed by atoms with Crippen molar-refractivity contribution in [2.45, 2.75) is 25.3 Å². The van der Waals surface area contributed by atoms with Crippen molar-refractivity contribution in [3.05, 3.63) is 60.2 Å². The number of pyridine rings is 1. The zero-order valence-electron chi connectivity index (χ0n) is 12.6. The number of likely N-dealkylation sites (tertiary alicyclic amines) is 1. The third kappa shape index (κ3) is 2.74. The van der Waals surface area contributed by atoms with Crippen LogP contribution in [0.5, 0.6) is 0 Å². The third-order valence-corrected chi connectivity index (χ3v) is 4.51. The predicted molar refractivity (Wildman–Crippen MR) is 87.6 cm³/mol. The molecular weight excluding hydrogens is 272 g/mol. The summed E-state index contributed by atoms with van der Waals surface area (Å²) in [5.41, 5.74) is 3.52. The van der Waals surface area contributed by atoms with E-state index < -0.39 is 0 Å². The van der Waals surface area contributed by atoms with Crippen LogP contribution in [0, 0.1) is 0 Å². The second kappa shape index (κ2) is 5.89. The van der Waals surface area contributed by atoms with Gasteiger partial charge in [0, 0.05) is 24.9 Å². The van der Waals surface area contributed by atoms with Crippen molar-refractivity contribution >= 4 is 11.0 Å². The van der Waals surface area contributed by atoms with Gasteiger partial charge in [-0.3, -0.25) is 9.88 Å². The molecular formula is C18H20N4. The van der Waals surface area contributed by atoms with Crippen molar-refractivity contribution in [2.75, 3.05) is 13.1 Å². The van der Waals surface area contributed by atoms with Crippen molar-refractivity contribution in [2.24, 2.45) is 0 Å². The van der Waals surface area contributed by atoms with Crippen LogP contribution in [0.25, 0.3) is 11.0 Å². The molecule has 1 aliphatic heterocycles. The number of H-pyrrole nitrogens is 1. The van der Waals surface area contributed by atoms with Gasteiger partial charge >= 0.3 is 0 Å². The maximum atomic E-state index is 4.76. The lowest BCUT2D eigenvalue weighted by Crippen LogP contribution is -2.32. The zero-order valence-corrected chi connectivity index (χ0v) is 12.6. The molecule has 1 aromatic carbocycles. The van der Waals surface area contributed by atoms with Gasteiger partial charge in [-0.2, -0.15) is 0 Å². The van der Waals surface area contributed by atoms with Gasteiger partial charge in [-0.25, -0.2) is 4.98 Å². The Morgan fingerprint density at radius 1 is 1.09 bits per heavy atom. The molecule has 4 heteroatoms. The number of fused-ring (bicyclic) bond motifs is 1. The average Bonchev–Trinajstić information content (AvgIpc) is 3.00. The molecule has 0 aliphatic carbocycles. The number of para-hydroxylation sites is 2. The molecule has 0 unspecified atom stereocenters. The fourth-order valence-electron chi connectivity index (χ4n) is 3.28. The van der Waals surface area contributed by atoms with Gasteiger partial charge in [-0.1, -0.05) is 18.2 Å². The normalized spacial score (nSPS) is 17.1. The molecule has 0 atom stereocenters. The SMILES string of the molecule is c1cncc(CN2CCC(c3nc4ccccc4[nH]3)CC2)c1. The lowest BCUT2D eigenvalue weighted by atomic mass is 9.96. The maximum Gasteiger partial charge on any atom is 0.110 e. The van der Waals surface area contributed by atoms with E-state index in [4.69, 9.17) is 4.98 Å². The van der Waals surface area contributed by atoms with Gasteiger partial charge in [0.05, 0.1) is 11.0 Å². The van der Waals surface area contributed by atoms with Crippen molar-refractivity contribution in [1.82, 2.24) is 19.9 Å². The van der Waals surface area contributed by atoms with Gasteiger partial charge in [-0.15, -0.1) is 0 Å². The van der Waals surface area contributed by atoms with E-state index >= 15 is 0 Å². The number of imidazole rings is 1. The quantitative estimate of drug-likeness (QED) is 0.805. The second-order valence-electron chi connectivity index (χ2n) is 6.05. The van der Waals surface area contributed by atoms with Crippen molar-refractivity contribution < 1.29 is 0 Å². The van der Waals surface area contributed by atoms with E-state index in [9.17, 15) is 0 Å². The lowest BCUT2D eigenvalue weighted by molar-refractivity contribution is 0.202. The first-order valence-electron chi connectivity index (χ1n) is 7.94. The molecule has 1 aliphatic rings. The summed E-state index contributed by atoms with van der Waals surface area (Å²) >= 11 is 0. The predicted octanol–water partition coefficient (Wildman–Crippen LogP) is 3.34. The van der Waals surface area contributed by atoms with E-state index in [0.29, 0.717) is 5.92 Å². The molecule has 1 saturated heterocycles. The van der Waals surface area contributed by atoms with E-state index in [0.717, 1.165) is 36.5 Å². The van der Waals surface area contributed by atoms with Crippen LogP contribution >= 0.6 is 0 Å². The third-order valence-electron chi connectivity index (χ3n) is 4.51. The molecule has 1 N–H and O–H groups in total. The molecule has 2 aromatic heterocycles. The topological polar surface area (TPSA) is 44.8 Å². The molecule has 22 heavy (non-hydrogen) atoms. The number of benzene rings is 1. The summed E-state index contributed by atoms with van der Waals surface area (Å²) in [5, 5.41) is 0. The first-order chi connectivity index (χ1) is 10.9. The first kappa shape index (κ1) is 13.5. The maximum absolute atomic E-state index is 4.76. The highest BCUT2D eigenvalue weighted by molar-refractivity contribution is 5.74. The molecule has 0 amide bonds. The highest BCUT2D eigenvalue weighted by Gasteiger charge is 2.23. The largest absolute Gasteiger partial charge is 0.342 e. The minimum atomic E-state index is 0.553. The second-order valence-corrected chi connectivity index (χ2v) is 6.05. The standard InChI is InChI=1S/C18H20N4/c1-2-6-17-16(5-1)20-18(21-17)15-7-10-22(11-8-15)13-14-4-3-9-19-12-14/h1-6,9,12,15H,7-8,10-11,13H2,(H,20,21). The highest BCUT2D eigenvalue weighted by atomic mass is 15.1. The molecule has 3 heterocycles. The van der Waals surface area contributed by atoms with Crippen LogP contribution in [0.15, 0.2) is 48.8 Å². The number of rotatable bonds is 3. The molecule has 0 saturated carbocycles. The van der Waals surface area contributed by atoms with Gasteiger partial charge in [0.2, 0.25) is 0 Å². The monoisotopic (exact) mass is 292 g/mol. The number of aromatic amines is 1. The molecule has 112 valence electrons. The number of hydrogen-bond donors (Lipinski definition) is 1. The van der Waals surface area contributed by atoms with Crippen LogP contribution in [-0.4, -0.2) is 32.9 Å². The Balaban J connectivity index is 1.41. The summed E-state index contributed by atoms with van der Waals surface area (Å²) in [6, 6.07) is 12.4. The highest BCUT2D eigenvalue weighted by Crippen LogP contribution is 2.28. The summed E-state index contributed by atoms with van der Waals surface area (Å²) in [4.78, 5) is 15.0. The Hall–Kier alpha value is -2.20. The number of nitrogens with one attached hydrogen (secondary N) is 1. The van der Waals surface area contributed by atoms with Gasteiger partial charge < -0.3 is 4.98 Å². The summed E-state index contributed by atoms with van der Waals surface area (Å²) in [7, 11) is 0.